The third-order valence-corrected chi connectivity index (χ3v) is 8.61. The highest BCUT2D eigenvalue weighted by Gasteiger charge is 2.74. The Morgan fingerprint density at radius 2 is 1.96 bits per heavy atom. The minimum absolute atomic E-state index is 0.0458. The minimum Gasteiger partial charge on any atom is -0.506 e. The van der Waals surface area contributed by atoms with Crippen LogP contribution in [0.3, 0.4) is 0 Å². The zero-order valence-corrected chi connectivity index (χ0v) is 17.8. The minimum atomic E-state index is -1.80. The molecule has 1 aromatic rings. The van der Waals surface area contributed by atoms with Gasteiger partial charge in [0.1, 0.15) is 11.4 Å². The fraction of sp³-hybridized carbons (Fsp3) is 0.619. The first-order valence-electron chi connectivity index (χ1n) is 9.35. The van der Waals surface area contributed by atoms with Gasteiger partial charge in [-0.05, 0) is 52.7 Å². The number of fused-ring (bicyclic) bond motifs is 1. The second kappa shape index (κ2) is 5.35. The Kier molecular flexibility index (Phi) is 3.75. The van der Waals surface area contributed by atoms with Crippen LogP contribution < -0.4 is 0 Å². The number of benzene rings is 1. The number of hydrogen-bond donors (Lipinski definition) is 2. The third-order valence-electron chi connectivity index (χ3n) is 7.60. The first-order chi connectivity index (χ1) is 12.4. The third kappa shape index (κ3) is 1.98. The second-order valence-corrected chi connectivity index (χ2v) is 10.00. The van der Waals surface area contributed by atoms with Crippen LogP contribution in [0.1, 0.15) is 63.1 Å². The number of carbonyl (C=O) groups is 2. The average Bonchev–Trinajstić information content (AvgIpc) is 2.91. The number of Topliss-reactive ketones (excluding diaryl/α,β-unsaturated/α-hetero) is 1. The SMILES string of the molecule is CC(=O)O[C@H]1C(=O)[C@]2(C)CC[C@H]3[C@@H]2c2cc(C)c(Br)c(O)c2[C@@]1(O)C3(C)C. The molecule has 146 valence electrons. The molecule has 0 radical (unpaired) electrons. The van der Waals surface area contributed by atoms with E-state index < -0.39 is 28.5 Å². The normalized spacial score (nSPS) is 38.5. The van der Waals surface area contributed by atoms with Gasteiger partial charge in [0.15, 0.2) is 11.9 Å². The summed E-state index contributed by atoms with van der Waals surface area (Å²) >= 11 is 3.41. The fourth-order valence-corrected chi connectivity index (χ4v) is 6.46. The van der Waals surface area contributed by atoms with Gasteiger partial charge in [-0.3, -0.25) is 9.59 Å². The Balaban J connectivity index is 2.17. The van der Waals surface area contributed by atoms with E-state index >= 15 is 0 Å². The van der Waals surface area contributed by atoms with E-state index in [0.29, 0.717) is 16.5 Å². The summed E-state index contributed by atoms with van der Waals surface area (Å²) in [5.74, 6) is -1.02. The van der Waals surface area contributed by atoms with Gasteiger partial charge in [0.2, 0.25) is 0 Å². The predicted molar refractivity (Wildman–Crippen MR) is 102 cm³/mol. The molecule has 0 amide bonds. The Morgan fingerprint density at radius 3 is 2.56 bits per heavy atom. The molecular formula is C21H25BrO5. The van der Waals surface area contributed by atoms with E-state index in [1.165, 1.54) is 6.92 Å². The van der Waals surface area contributed by atoms with Gasteiger partial charge in [-0.2, -0.15) is 0 Å². The number of phenols is 1. The quantitative estimate of drug-likeness (QED) is 0.655. The highest BCUT2D eigenvalue weighted by atomic mass is 79.9. The van der Waals surface area contributed by atoms with E-state index in [1.807, 2.05) is 33.8 Å². The summed E-state index contributed by atoms with van der Waals surface area (Å²) in [4.78, 5) is 25.5. The van der Waals surface area contributed by atoms with Crippen LogP contribution in [0.2, 0.25) is 0 Å². The van der Waals surface area contributed by atoms with Crippen LogP contribution in [0.5, 0.6) is 5.75 Å². The first kappa shape index (κ1) is 18.9. The second-order valence-electron chi connectivity index (χ2n) is 9.20. The molecule has 0 aromatic heterocycles. The van der Waals surface area contributed by atoms with E-state index in [1.54, 1.807) is 0 Å². The van der Waals surface area contributed by atoms with Crippen molar-refractivity contribution in [1.29, 1.82) is 0 Å². The van der Waals surface area contributed by atoms with Crippen LogP contribution in [-0.2, 0) is 19.9 Å². The molecular weight excluding hydrogens is 412 g/mol. The standard InChI is InChI=1S/C21H25BrO5/c1-9-8-11-13-12-6-7-20(13,5)17(25)18(27-10(2)23)21(26,19(12,3)4)14(11)16(24)15(9)22/h8,12-13,18,24,26H,6-7H2,1-5H3/t12-,13-,18-,20+,21-/m0/s1. The Labute approximate surface area is 167 Å². The number of rotatable bonds is 1. The largest absolute Gasteiger partial charge is 0.506 e. The molecule has 6 heteroatoms. The van der Waals surface area contributed by atoms with Crippen LogP contribution in [0.4, 0.5) is 0 Å². The number of ketones is 1. The number of aromatic hydroxyl groups is 1. The maximum Gasteiger partial charge on any atom is 0.303 e. The van der Waals surface area contributed by atoms with E-state index in [9.17, 15) is 19.8 Å². The van der Waals surface area contributed by atoms with E-state index in [2.05, 4.69) is 15.9 Å². The monoisotopic (exact) mass is 436 g/mol. The van der Waals surface area contributed by atoms with Gasteiger partial charge >= 0.3 is 5.97 Å². The van der Waals surface area contributed by atoms with Crippen LogP contribution in [0.25, 0.3) is 0 Å². The van der Waals surface area contributed by atoms with E-state index in [-0.39, 0.29) is 23.4 Å². The van der Waals surface area contributed by atoms with E-state index in [0.717, 1.165) is 17.5 Å². The van der Waals surface area contributed by atoms with Gasteiger partial charge in [0, 0.05) is 29.2 Å². The number of esters is 1. The van der Waals surface area contributed by atoms with Crippen molar-refractivity contribution in [3.8, 4) is 5.75 Å². The molecule has 5 atom stereocenters. The molecule has 0 heterocycles. The van der Waals surface area contributed by atoms with Crippen molar-refractivity contribution in [2.24, 2.45) is 16.7 Å². The summed E-state index contributed by atoms with van der Waals surface area (Å²) in [6, 6.07) is 1.96. The maximum absolute atomic E-state index is 13.6. The van der Waals surface area contributed by atoms with Crippen molar-refractivity contribution < 1.29 is 24.5 Å². The van der Waals surface area contributed by atoms with Crippen LogP contribution >= 0.6 is 15.9 Å². The lowest BCUT2D eigenvalue weighted by atomic mass is 9.54. The van der Waals surface area contributed by atoms with Crippen molar-refractivity contribution in [3.63, 3.8) is 0 Å². The molecule has 1 aromatic carbocycles. The van der Waals surface area contributed by atoms with Gasteiger partial charge in [0.05, 0.1) is 4.47 Å². The molecule has 5 rings (SSSR count). The molecule has 2 saturated carbocycles. The number of carbonyl (C=O) groups excluding carboxylic acids is 2. The molecule has 2 N–H and O–H groups in total. The Bertz CT molecular complexity index is 891. The van der Waals surface area contributed by atoms with Gasteiger partial charge in [-0.1, -0.05) is 26.8 Å². The number of halogens is 1. The number of phenolic OH excluding ortho intramolecular Hbond substituents is 1. The van der Waals surface area contributed by atoms with E-state index in [4.69, 9.17) is 4.74 Å². The summed E-state index contributed by atoms with van der Waals surface area (Å²) in [6.45, 7) is 8.88. The van der Waals surface area contributed by atoms with Crippen LogP contribution in [-0.4, -0.2) is 28.1 Å². The molecule has 0 unspecified atom stereocenters. The number of ether oxygens (including phenoxy) is 1. The molecule has 5 nitrogen and oxygen atoms in total. The zero-order valence-electron chi connectivity index (χ0n) is 16.2. The first-order valence-corrected chi connectivity index (χ1v) is 10.1. The summed E-state index contributed by atoms with van der Waals surface area (Å²) in [6.07, 6.45) is 0.141. The number of aliphatic hydroxyl groups is 1. The molecule has 0 spiro atoms. The lowest BCUT2D eigenvalue weighted by Gasteiger charge is -2.53. The summed E-state index contributed by atoms with van der Waals surface area (Å²) in [5, 5.41) is 23.1. The van der Waals surface area contributed by atoms with Crippen molar-refractivity contribution in [3.05, 3.63) is 27.2 Å². The number of aryl methyl sites for hydroxylation is 1. The summed E-state index contributed by atoms with van der Waals surface area (Å²) in [7, 11) is 0. The molecule has 4 bridgehead atoms. The highest BCUT2D eigenvalue weighted by molar-refractivity contribution is 9.10. The number of hydrogen-bond acceptors (Lipinski definition) is 5. The zero-order chi connectivity index (χ0) is 20.1. The fourth-order valence-electron chi connectivity index (χ4n) is 6.15. The molecule has 27 heavy (non-hydrogen) atoms. The van der Waals surface area contributed by atoms with Gasteiger partial charge in [0.25, 0.3) is 0 Å². The van der Waals surface area contributed by atoms with Crippen molar-refractivity contribution in [1.82, 2.24) is 0 Å². The van der Waals surface area contributed by atoms with Gasteiger partial charge < -0.3 is 14.9 Å². The van der Waals surface area contributed by atoms with Gasteiger partial charge in [-0.25, -0.2) is 0 Å². The van der Waals surface area contributed by atoms with Crippen LogP contribution in [0.15, 0.2) is 10.5 Å². The molecule has 4 aliphatic rings. The van der Waals surface area contributed by atoms with Crippen molar-refractivity contribution in [2.75, 3.05) is 0 Å². The summed E-state index contributed by atoms with van der Waals surface area (Å²) in [5.41, 5.74) is -1.32. The Hall–Kier alpha value is -1.40. The smallest absolute Gasteiger partial charge is 0.303 e. The highest BCUT2D eigenvalue weighted by Crippen LogP contribution is 2.72. The lowest BCUT2D eigenvalue weighted by molar-refractivity contribution is -0.201. The Morgan fingerprint density at radius 1 is 1.33 bits per heavy atom. The average molecular weight is 437 g/mol. The van der Waals surface area contributed by atoms with Crippen LogP contribution in [0, 0.1) is 23.7 Å². The molecule has 0 aliphatic heterocycles. The molecule has 0 saturated heterocycles. The lowest BCUT2D eigenvalue weighted by Crippen LogP contribution is -2.59. The summed E-state index contributed by atoms with van der Waals surface area (Å²) < 4.78 is 5.98. The molecule has 2 fully saturated rings. The molecule has 4 aliphatic carbocycles. The van der Waals surface area contributed by atoms with Crippen molar-refractivity contribution in [2.45, 2.75) is 65.1 Å². The topological polar surface area (TPSA) is 83.8 Å². The maximum atomic E-state index is 13.6. The van der Waals surface area contributed by atoms with Gasteiger partial charge in [-0.15, -0.1) is 0 Å². The predicted octanol–water partition coefficient (Wildman–Crippen LogP) is 3.70. The van der Waals surface area contributed by atoms with Crippen molar-refractivity contribution >= 4 is 27.7 Å².